The van der Waals surface area contributed by atoms with Crippen molar-refractivity contribution >= 4 is 40.9 Å². The number of hydrogen-bond donors (Lipinski definition) is 0. The van der Waals surface area contributed by atoms with Gasteiger partial charge >= 0.3 is 5.97 Å². The van der Waals surface area contributed by atoms with E-state index >= 15 is 0 Å². The molecular formula is C11H9Cl2NO4. The molecule has 96 valence electrons. The highest BCUT2D eigenvalue weighted by Gasteiger charge is 2.15. The van der Waals surface area contributed by atoms with Gasteiger partial charge in [-0.05, 0) is 19.1 Å². The van der Waals surface area contributed by atoms with E-state index in [1.807, 2.05) is 0 Å². The second kappa shape index (κ2) is 6.37. The Kier molecular flexibility index (Phi) is 5.12. The van der Waals surface area contributed by atoms with Crippen LogP contribution in [0.4, 0.5) is 5.69 Å². The zero-order chi connectivity index (χ0) is 13.7. The van der Waals surface area contributed by atoms with E-state index in [0.29, 0.717) is 0 Å². The molecule has 0 heterocycles. The molecule has 0 radical (unpaired) electrons. The predicted octanol–water partition coefficient (Wildman–Crippen LogP) is 3.48. The molecule has 0 aliphatic heterocycles. The lowest BCUT2D eigenvalue weighted by Gasteiger charge is -2.01. The monoisotopic (exact) mass is 289 g/mol. The first-order chi connectivity index (χ1) is 8.45. The van der Waals surface area contributed by atoms with E-state index in [-0.39, 0.29) is 27.9 Å². The zero-order valence-electron chi connectivity index (χ0n) is 9.35. The van der Waals surface area contributed by atoms with Crippen molar-refractivity contribution in [3.05, 3.63) is 43.9 Å². The number of nitrogens with zero attached hydrogens (tertiary/aromatic N) is 1. The van der Waals surface area contributed by atoms with Gasteiger partial charge in [-0.15, -0.1) is 0 Å². The number of esters is 1. The summed E-state index contributed by atoms with van der Waals surface area (Å²) in [6, 6.07) is 2.45. The number of carbonyl (C=O) groups is 1. The normalized spacial score (nSPS) is 10.6. The summed E-state index contributed by atoms with van der Waals surface area (Å²) in [6.07, 6.45) is 2.36. The third-order valence-corrected chi connectivity index (χ3v) is 2.67. The number of ether oxygens (including phenoxy) is 1. The van der Waals surface area contributed by atoms with Crippen LogP contribution in [0.2, 0.25) is 10.0 Å². The molecule has 0 fully saturated rings. The summed E-state index contributed by atoms with van der Waals surface area (Å²) >= 11 is 11.5. The van der Waals surface area contributed by atoms with Crippen LogP contribution in [-0.2, 0) is 9.53 Å². The molecule has 0 aromatic heterocycles. The Morgan fingerprint density at radius 1 is 1.44 bits per heavy atom. The molecule has 0 atom stereocenters. The average Bonchev–Trinajstić information content (AvgIpc) is 2.30. The van der Waals surface area contributed by atoms with Crippen molar-refractivity contribution in [2.75, 3.05) is 6.61 Å². The average molecular weight is 290 g/mol. The van der Waals surface area contributed by atoms with E-state index in [1.54, 1.807) is 6.92 Å². The van der Waals surface area contributed by atoms with Crippen LogP contribution in [-0.4, -0.2) is 17.5 Å². The molecule has 5 nitrogen and oxygen atoms in total. The fourth-order valence-corrected chi connectivity index (χ4v) is 1.52. The summed E-state index contributed by atoms with van der Waals surface area (Å²) in [6.45, 7) is 1.89. The maximum Gasteiger partial charge on any atom is 0.330 e. The molecular weight excluding hydrogens is 281 g/mol. The van der Waals surface area contributed by atoms with Crippen molar-refractivity contribution in [1.29, 1.82) is 0 Å². The van der Waals surface area contributed by atoms with Gasteiger partial charge in [0.25, 0.3) is 5.69 Å². The van der Waals surface area contributed by atoms with Crippen LogP contribution in [0.5, 0.6) is 0 Å². The van der Waals surface area contributed by atoms with Crippen LogP contribution in [0.25, 0.3) is 6.08 Å². The molecule has 0 bridgehead atoms. The molecule has 0 spiro atoms. The molecule has 0 saturated carbocycles. The Morgan fingerprint density at radius 2 is 2.06 bits per heavy atom. The topological polar surface area (TPSA) is 69.4 Å². The van der Waals surface area contributed by atoms with E-state index in [9.17, 15) is 14.9 Å². The Morgan fingerprint density at radius 3 is 2.61 bits per heavy atom. The summed E-state index contributed by atoms with van der Waals surface area (Å²) in [5, 5.41) is 11.1. The lowest BCUT2D eigenvalue weighted by molar-refractivity contribution is -0.385. The van der Waals surface area contributed by atoms with Gasteiger partial charge in [-0.25, -0.2) is 4.79 Å². The number of hydrogen-bond acceptors (Lipinski definition) is 4. The quantitative estimate of drug-likeness (QED) is 0.368. The highest BCUT2D eigenvalue weighted by Crippen LogP contribution is 2.31. The van der Waals surface area contributed by atoms with Crippen LogP contribution < -0.4 is 0 Å². The zero-order valence-corrected chi connectivity index (χ0v) is 10.9. The Labute approximate surface area is 113 Å². The third kappa shape index (κ3) is 3.72. The van der Waals surface area contributed by atoms with E-state index in [1.165, 1.54) is 12.1 Å². The van der Waals surface area contributed by atoms with Crippen molar-refractivity contribution in [1.82, 2.24) is 0 Å². The van der Waals surface area contributed by atoms with Gasteiger partial charge in [0.15, 0.2) is 0 Å². The molecule has 0 aliphatic rings. The minimum absolute atomic E-state index is 0.0802. The predicted molar refractivity (Wildman–Crippen MR) is 68.8 cm³/mol. The van der Waals surface area contributed by atoms with E-state index in [0.717, 1.165) is 12.1 Å². The van der Waals surface area contributed by atoms with Gasteiger partial charge in [0.05, 0.1) is 27.1 Å². The maximum absolute atomic E-state index is 11.1. The molecule has 1 rings (SSSR count). The van der Waals surface area contributed by atoms with E-state index in [2.05, 4.69) is 4.74 Å². The first-order valence-electron chi connectivity index (χ1n) is 4.94. The maximum atomic E-state index is 11.1. The smallest absolute Gasteiger partial charge is 0.330 e. The van der Waals surface area contributed by atoms with Crippen molar-refractivity contribution < 1.29 is 14.5 Å². The standard InChI is InChI=1S/C11H9Cl2NO4/c1-2-18-11(15)4-3-7-5-8(12)9(13)6-10(7)14(16)17/h3-6H,2H2,1H3. The molecule has 0 N–H and O–H groups in total. The summed E-state index contributed by atoms with van der Waals surface area (Å²) < 4.78 is 4.66. The van der Waals surface area contributed by atoms with Crippen molar-refractivity contribution in [2.24, 2.45) is 0 Å². The van der Waals surface area contributed by atoms with Gasteiger partial charge in [0.1, 0.15) is 0 Å². The Bertz CT molecular complexity index is 514. The first kappa shape index (κ1) is 14.5. The minimum Gasteiger partial charge on any atom is -0.463 e. The van der Waals surface area contributed by atoms with Crippen LogP contribution >= 0.6 is 23.2 Å². The van der Waals surface area contributed by atoms with Gasteiger partial charge in [0, 0.05) is 12.1 Å². The molecule has 0 saturated heterocycles. The molecule has 1 aromatic rings. The lowest BCUT2D eigenvalue weighted by atomic mass is 10.1. The molecule has 7 heteroatoms. The molecule has 0 amide bonds. The summed E-state index contributed by atoms with van der Waals surface area (Å²) in [4.78, 5) is 21.3. The minimum atomic E-state index is -0.604. The van der Waals surface area contributed by atoms with Crippen LogP contribution in [0.1, 0.15) is 12.5 Å². The van der Waals surface area contributed by atoms with Crippen molar-refractivity contribution in [3.8, 4) is 0 Å². The largest absolute Gasteiger partial charge is 0.463 e. The molecule has 0 unspecified atom stereocenters. The number of halogens is 2. The lowest BCUT2D eigenvalue weighted by Crippen LogP contribution is -1.99. The second-order valence-corrected chi connectivity index (χ2v) is 3.98. The Hall–Kier alpha value is -1.59. The highest BCUT2D eigenvalue weighted by molar-refractivity contribution is 6.42. The highest BCUT2D eigenvalue weighted by atomic mass is 35.5. The fraction of sp³-hybridized carbons (Fsp3) is 0.182. The van der Waals surface area contributed by atoms with Gasteiger partial charge in [-0.1, -0.05) is 23.2 Å². The molecule has 18 heavy (non-hydrogen) atoms. The van der Waals surface area contributed by atoms with Crippen LogP contribution in [0.3, 0.4) is 0 Å². The van der Waals surface area contributed by atoms with Gasteiger partial charge in [0.2, 0.25) is 0 Å². The summed E-state index contributed by atoms with van der Waals surface area (Å²) in [5.74, 6) is -0.585. The number of nitro groups is 1. The van der Waals surface area contributed by atoms with Gasteiger partial charge in [-0.2, -0.15) is 0 Å². The number of carbonyl (C=O) groups excluding carboxylic acids is 1. The van der Waals surface area contributed by atoms with E-state index in [4.69, 9.17) is 23.2 Å². The number of nitro benzene ring substituents is 1. The second-order valence-electron chi connectivity index (χ2n) is 3.17. The van der Waals surface area contributed by atoms with Crippen molar-refractivity contribution in [2.45, 2.75) is 6.92 Å². The van der Waals surface area contributed by atoms with Gasteiger partial charge < -0.3 is 4.74 Å². The van der Waals surface area contributed by atoms with Crippen LogP contribution in [0, 0.1) is 10.1 Å². The molecule has 1 aromatic carbocycles. The summed E-state index contributed by atoms with van der Waals surface area (Å²) in [5.41, 5.74) is -0.0487. The summed E-state index contributed by atoms with van der Waals surface area (Å²) in [7, 11) is 0. The fourth-order valence-electron chi connectivity index (χ4n) is 1.19. The molecule has 0 aliphatic carbocycles. The Balaban J connectivity index is 3.11. The number of rotatable bonds is 4. The number of benzene rings is 1. The van der Waals surface area contributed by atoms with Gasteiger partial charge in [-0.3, -0.25) is 10.1 Å². The third-order valence-electron chi connectivity index (χ3n) is 1.95. The van der Waals surface area contributed by atoms with Crippen LogP contribution in [0.15, 0.2) is 18.2 Å². The first-order valence-corrected chi connectivity index (χ1v) is 5.69. The van der Waals surface area contributed by atoms with Crippen molar-refractivity contribution in [3.63, 3.8) is 0 Å². The van der Waals surface area contributed by atoms with E-state index < -0.39 is 10.9 Å². The SMILES string of the molecule is CCOC(=O)C=Cc1cc(Cl)c(Cl)cc1[N+](=O)[O-].